The maximum Gasteiger partial charge on any atom is 0.408 e. The van der Waals surface area contributed by atoms with Gasteiger partial charge in [0.25, 0.3) is 0 Å². The third-order valence-corrected chi connectivity index (χ3v) is 3.03. The van der Waals surface area contributed by atoms with Gasteiger partial charge in [0.2, 0.25) is 0 Å². The Hall–Kier alpha value is -1.32. The summed E-state index contributed by atoms with van der Waals surface area (Å²) >= 11 is 0. The molecular weight excluding hydrogens is 265 g/mol. The second-order valence-corrected chi connectivity index (χ2v) is 6.40. The zero-order valence-electron chi connectivity index (χ0n) is 11.3. The Morgan fingerprint density at radius 3 is 2.42 bits per heavy atom. The summed E-state index contributed by atoms with van der Waals surface area (Å²) in [5.74, 6) is 0. The van der Waals surface area contributed by atoms with Crippen molar-refractivity contribution in [1.82, 2.24) is 5.32 Å². The molecule has 2 N–H and O–H groups in total. The van der Waals surface area contributed by atoms with Crippen molar-refractivity contribution in [2.75, 3.05) is 6.16 Å². The van der Waals surface area contributed by atoms with Crippen LogP contribution in [0.25, 0.3) is 0 Å². The van der Waals surface area contributed by atoms with Crippen molar-refractivity contribution in [1.29, 1.82) is 0 Å². The van der Waals surface area contributed by atoms with Gasteiger partial charge in [-0.15, -0.1) is 0 Å². The van der Waals surface area contributed by atoms with E-state index in [9.17, 15) is 9.36 Å². The quantitative estimate of drug-likeness (QED) is 0.834. The average Bonchev–Trinajstić information content (AvgIpc) is 2.26. The summed E-state index contributed by atoms with van der Waals surface area (Å²) < 4.78 is 16.2. The van der Waals surface area contributed by atoms with E-state index >= 15 is 0 Å². The molecule has 0 aliphatic heterocycles. The number of ether oxygens (including phenoxy) is 1. The van der Waals surface area contributed by atoms with Gasteiger partial charge in [-0.05, 0) is 26.3 Å². The van der Waals surface area contributed by atoms with Gasteiger partial charge in [-0.3, -0.25) is 4.57 Å². The molecule has 0 aliphatic carbocycles. The first-order valence-corrected chi connectivity index (χ1v) is 7.60. The molecule has 0 spiro atoms. The van der Waals surface area contributed by atoms with Gasteiger partial charge in [0.05, 0.1) is 6.04 Å². The van der Waals surface area contributed by atoms with Crippen LogP contribution in [0.3, 0.4) is 0 Å². The SMILES string of the molecule is CC(C)(C)OC(=O)N[C@H](C[PH](=O)O)c1ccccc1. The highest BCUT2D eigenvalue weighted by Crippen LogP contribution is 2.24. The monoisotopic (exact) mass is 285 g/mol. The van der Waals surface area contributed by atoms with Crippen LogP contribution in [-0.4, -0.2) is 22.7 Å². The zero-order valence-corrected chi connectivity index (χ0v) is 12.3. The Kier molecular flexibility index (Phi) is 5.58. The Morgan fingerprint density at radius 1 is 1.37 bits per heavy atom. The molecule has 1 amide bonds. The first-order valence-electron chi connectivity index (χ1n) is 6.04. The van der Waals surface area contributed by atoms with Crippen LogP contribution in [0.5, 0.6) is 0 Å². The van der Waals surface area contributed by atoms with Gasteiger partial charge in [-0.2, -0.15) is 0 Å². The number of carbonyl (C=O) groups excluding carboxylic acids is 1. The summed E-state index contributed by atoms with van der Waals surface area (Å²) in [7, 11) is -2.69. The van der Waals surface area contributed by atoms with Gasteiger partial charge in [0, 0.05) is 6.16 Å². The lowest BCUT2D eigenvalue weighted by Gasteiger charge is -2.23. The lowest BCUT2D eigenvalue weighted by atomic mass is 10.1. The lowest BCUT2D eigenvalue weighted by Crippen LogP contribution is -2.35. The molecule has 1 rings (SSSR count). The normalized spacial score (nSPS) is 14.5. The van der Waals surface area contributed by atoms with Gasteiger partial charge >= 0.3 is 6.09 Å². The maximum atomic E-state index is 11.7. The van der Waals surface area contributed by atoms with Crippen molar-refractivity contribution in [2.24, 2.45) is 0 Å². The highest BCUT2D eigenvalue weighted by atomic mass is 31.1. The van der Waals surface area contributed by atoms with Crippen LogP contribution in [0.15, 0.2) is 30.3 Å². The second kappa shape index (κ2) is 6.73. The standard InChI is InChI=1S/C13H20NO4P/c1-13(2,3)18-12(15)14-11(9-19(16)17)10-7-5-4-6-8-10/h4-8,11,19H,9H2,1-3H3,(H,14,15)(H,16,17)/t11-/m1/s1. The van der Waals surface area contributed by atoms with Gasteiger partial charge in [0.15, 0.2) is 8.03 Å². The number of hydrogen-bond acceptors (Lipinski definition) is 3. The fraction of sp³-hybridized carbons (Fsp3) is 0.462. The Morgan fingerprint density at radius 2 is 1.95 bits per heavy atom. The minimum absolute atomic E-state index is 0.00603. The fourth-order valence-corrected chi connectivity index (χ4v) is 2.25. The van der Waals surface area contributed by atoms with Crippen LogP contribution in [0.4, 0.5) is 4.79 Å². The molecule has 0 radical (unpaired) electrons. The van der Waals surface area contributed by atoms with Crippen molar-refractivity contribution in [3.05, 3.63) is 35.9 Å². The Balaban J connectivity index is 2.76. The van der Waals surface area contributed by atoms with Gasteiger partial charge in [-0.1, -0.05) is 30.3 Å². The number of carbonyl (C=O) groups is 1. The van der Waals surface area contributed by atoms with Gasteiger partial charge < -0.3 is 14.9 Å². The highest BCUT2D eigenvalue weighted by Gasteiger charge is 2.21. The predicted molar refractivity (Wildman–Crippen MR) is 74.6 cm³/mol. The van der Waals surface area contributed by atoms with Crippen LogP contribution in [0.2, 0.25) is 0 Å². The van der Waals surface area contributed by atoms with E-state index in [0.29, 0.717) is 0 Å². The number of rotatable bonds is 4. The molecule has 5 nitrogen and oxygen atoms in total. The predicted octanol–water partition coefficient (Wildman–Crippen LogP) is 2.72. The van der Waals surface area contributed by atoms with E-state index in [-0.39, 0.29) is 6.16 Å². The van der Waals surface area contributed by atoms with E-state index in [1.165, 1.54) is 0 Å². The molecule has 0 aliphatic rings. The summed E-state index contributed by atoms with van der Waals surface area (Å²) in [6.45, 7) is 5.29. The topological polar surface area (TPSA) is 75.6 Å². The Labute approximate surface area is 113 Å². The van der Waals surface area contributed by atoms with Crippen LogP contribution in [0, 0.1) is 0 Å². The molecule has 0 heterocycles. The molecule has 1 aromatic rings. The smallest absolute Gasteiger partial charge is 0.408 e. The van der Waals surface area contributed by atoms with Crippen LogP contribution in [0.1, 0.15) is 32.4 Å². The zero-order chi connectivity index (χ0) is 14.5. The van der Waals surface area contributed by atoms with Crippen LogP contribution >= 0.6 is 8.03 Å². The minimum Gasteiger partial charge on any atom is -0.444 e. The molecular formula is C13H20NO4P. The van der Waals surface area contributed by atoms with E-state index in [1.807, 2.05) is 18.2 Å². The van der Waals surface area contributed by atoms with E-state index in [0.717, 1.165) is 5.56 Å². The van der Waals surface area contributed by atoms with Crippen molar-refractivity contribution >= 4 is 14.1 Å². The van der Waals surface area contributed by atoms with Gasteiger partial charge in [0.1, 0.15) is 5.60 Å². The summed E-state index contributed by atoms with van der Waals surface area (Å²) in [6, 6.07) is 8.55. The highest BCUT2D eigenvalue weighted by molar-refractivity contribution is 7.38. The maximum absolute atomic E-state index is 11.7. The van der Waals surface area contributed by atoms with E-state index in [4.69, 9.17) is 9.63 Å². The summed E-state index contributed by atoms with van der Waals surface area (Å²) in [4.78, 5) is 20.8. The first kappa shape index (κ1) is 15.7. The lowest BCUT2D eigenvalue weighted by molar-refractivity contribution is 0.0508. The summed E-state index contributed by atoms with van der Waals surface area (Å²) in [6.07, 6.45) is -0.599. The van der Waals surface area contributed by atoms with Crippen molar-refractivity contribution in [3.8, 4) is 0 Å². The van der Waals surface area contributed by atoms with E-state index in [1.54, 1.807) is 32.9 Å². The summed E-state index contributed by atoms with van der Waals surface area (Å²) in [5, 5.41) is 2.63. The number of benzene rings is 1. The number of nitrogens with one attached hydrogen (secondary N) is 1. The molecule has 19 heavy (non-hydrogen) atoms. The molecule has 2 atom stereocenters. The minimum atomic E-state index is -2.69. The Bertz CT molecular complexity index is 442. The first-order chi connectivity index (χ1) is 8.78. The van der Waals surface area contributed by atoms with Gasteiger partial charge in [-0.25, -0.2) is 4.79 Å². The van der Waals surface area contributed by atoms with Crippen molar-refractivity contribution < 1.29 is 19.0 Å². The third-order valence-electron chi connectivity index (χ3n) is 2.27. The number of alkyl carbamates (subject to hydrolysis) is 1. The number of hydrogen-bond donors (Lipinski definition) is 2. The molecule has 1 unspecified atom stereocenters. The van der Waals surface area contributed by atoms with Crippen molar-refractivity contribution in [3.63, 3.8) is 0 Å². The molecule has 6 heteroatoms. The van der Waals surface area contributed by atoms with Crippen LogP contribution in [-0.2, 0) is 9.30 Å². The van der Waals surface area contributed by atoms with Crippen LogP contribution < -0.4 is 5.32 Å². The molecule has 0 bridgehead atoms. The molecule has 0 saturated carbocycles. The molecule has 106 valence electrons. The average molecular weight is 285 g/mol. The van der Waals surface area contributed by atoms with E-state index < -0.39 is 25.8 Å². The fourth-order valence-electron chi connectivity index (χ4n) is 1.56. The largest absolute Gasteiger partial charge is 0.444 e. The van der Waals surface area contributed by atoms with E-state index in [2.05, 4.69) is 5.32 Å². The number of amides is 1. The molecule has 1 aromatic carbocycles. The molecule has 0 aromatic heterocycles. The molecule has 0 fully saturated rings. The van der Waals surface area contributed by atoms with Crippen molar-refractivity contribution in [2.45, 2.75) is 32.4 Å². The second-order valence-electron chi connectivity index (χ2n) is 5.21. The molecule has 0 saturated heterocycles. The third kappa shape index (κ3) is 6.41. The summed E-state index contributed by atoms with van der Waals surface area (Å²) in [5.41, 5.74) is 0.177.